The smallest absolute Gasteiger partial charge is 0.272 e. The van der Waals surface area contributed by atoms with Crippen LogP contribution >= 0.6 is 35.0 Å². The molecule has 40 heavy (non-hydrogen) atoms. The van der Waals surface area contributed by atoms with Crippen LogP contribution < -0.4 is 16.0 Å². The molecule has 0 heterocycles. The molecule has 0 spiro atoms. The van der Waals surface area contributed by atoms with Crippen LogP contribution in [0.2, 0.25) is 10.0 Å². The van der Waals surface area contributed by atoms with E-state index in [1.165, 1.54) is 36.0 Å². The van der Waals surface area contributed by atoms with Gasteiger partial charge in [0.25, 0.3) is 11.8 Å². The maximum atomic E-state index is 14.3. The van der Waals surface area contributed by atoms with Gasteiger partial charge in [-0.05, 0) is 60.7 Å². The van der Waals surface area contributed by atoms with E-state index in [9.17, 15) is 18.8 Å². The van der Waals surface area contributed by atoms with E-state index in [4.69, 9.17) is 23.2 Å². The van der Waals surface area contributed by atoms with Gasteiger partial charge in [-0.3, -0.25) is 14.4 Å². The Hall–Kier alpha value is -4.11. The Morgan fingerprint density at radius 3 is 2.25 bits per heavy atom. The number of nitrogens with one attached hydrogen (secondary N) is 3. The van der Waals surface area contributed by atoms with E-state index in [-0.39, 0.29) is 22.9 Å². The lowest BCUT2D eigenvalue weighted by Crippen LogP contribution is -2.30. The van der Waals surface area contributed by atoms with Crippen LogP contribution in [-0.4, -0.2) is 23.5 Å². The second-order valence-electron chi connectivity index (χ2n) is 8.35. The molecule has 202 valence electrons. The molecule has 10 heteroatoms. The predicted molar refractivity (Wildman–Crippen MR) is 159 cm³/mol. The fourth-order valence-corrected chi connectivity index (χ4v) is 4.53. The van der Waals surface area contributed by atoms with Crippen molar-refractivity contribution >= 4 is 70.1 Å². The highest BCUT2D eigenvalue weighted by Crippen LogP contribution is 2.26. The number of hydrogen-bond acceptors (Lipinski definition) is 4. The van der Waals surface area contributed by atoms with Crippen molar-refractivity contribution in [1.82, 2.24) is 5.32 Å². The van der Waals surface area contributed by atoms with Gasteiger partial charge < -0.3 is 16.0 Å². The molecule has 0 unspecified atom stereocenters. The number of amides is 3. The summed E-state index contributed by atoms with van der Waals surface area (Å²) < 4.78 is 14.3. The largest absolute Gasteiger partial charge is 0.325 e. The standard InChI is InChI=1S/C30H22Cl2FN3O3S/c31-24-14-13-22(17-25(24)32)34-28(37)18-40-23-11-6-10-21(16-23)35-30(39)27(15-20-9-4-5-12-26(20)33)36-29(38)19-7-2-1-3-8-19/h1-17H,18H2,(H,34,37)(H,35,39)(H,36,38)/b27-15-. The molecule has 4 aromatic carbocycles. The average molecular weight is 594 g/mol. The number of carbonyl (C=O) groups is 3. The molecule has 0 bridgehead atoms. The number of benzene rings is 4. The molecule has 0 aromatic heterocycles. The molecular formula is C30H22Cl2FN3O3S. The monoisotopic (exact) mass is 593 g/mol. The van der Waals surface area contributed by atoms with E-state index in [1.807, 2.05) is 0 Å². The number of hydrogen-bond donors (Lipinski definition) is 3. The summed E-state index contributed by atoms with van der Waals surface area (Å²) in [5, 5.41) is 8.79. The maximum Gasteiger partial charge on any atom is 0.272 e. The van der Waals surface area contributed by atoms with Gasteiger partial charge >= 0.3 is 0 Å². The van der Waals surface area contributed by atoms with Gasteiger partial charge in [-0.1, -0.05) is 65.7 Å². The third-order valence-corrected chi connectivity index (χ3v) is 7.13. The highest BCUT2D eigenvalue weighted by molar-refractivity contribution is 8.00. The lowest BCUT2D eigenvalue weighted by molar-refractivity contribution is -0.114. The number of anilines is 2. The van der Waals surface area contributed by atoms with Crippen molar-refractivity contribution in [3.63, 3.8) is 0 Å². The Labute approximate surface area is 244 Å². The molecule has 3 amide bonds. The van der Waals surface area contributed by atoms with E-state index < -0.39 is 17.6 Å². The SMILES string of the molecule is O=C(CSc1cccc(NC(=O)/C(=C/c2ccccc2F)NC(=O)c2ccccc2)c1)Nc1ccc(Cl)c(Cl)c1. The maximum absolute atomic E-state index is 14.3. The zero-order valence-electron chi connectivity index (χ0n) is 20.8. The number of rotatable bonds is 9. The van der Waals surface area contributed by atoms with Gasteiger partial charge in [-0.25, -0.2) is 4.39 Å². The normalized spacial score (nSPS) is 11.0. The summed E-state index contributed by atoms with van der Waals surface area (Å²) in [7, 11) is 0. The lowest BCUT2D eigenvalue weighted by atomic mass is 10.1. The second kappa shape index (κ2) is 13.8. The minimum absolute atomic E-state index is 0.100. The molecule has 6 nitrogen and oxygen atoms in total. The minimum atomic E-state index is -0.646. The summed E-state index contributed by atoms with van der Waals surface area (Å²) >= 11 is 13.2. The van der Waals surface area contributed by atoms with Crippen molar-refractivity contribution in [1.29, 1.82) is 0 Å². The highest BCUT2D eigenvalue weighted by atomic mass is 35.5. The van der Waals surface area contributed by atoms with Gasteiger partial charge in [0.2, 0.25) is 5.91 Å². The van der Waals surface area contributed by atoms with Crippen LogP contribution in [0.3, 0.4) is 0 Å². The zero-order chi connectivity index (χ0) is 28.5. The second-order valence-corrected chi connectivity index (χ2v) is 10.2. The molecule has 0 fully saturated rings. The van der Waals surface area contributed by atoms with Crippen molar-refractivity contribution in [2.45, 2.75) is 4.90 Å². The third kappa shape index (κ3) is 8.19. The molecular weight excluding hydrogens is 572 g/mol. The fraction of sp³-hybridized carbons (Fsp3) is 0.0333. The van der Waals surface area contributed by atoms with Gasteiger partial charge in [0.15, 0.2) is 0 Å². The Morgan fingerprint density at radius 2 is 1.50 bits per heavy atom. The average Bonchev–Trinajstić information content (AvgIpc) is 2.95. The third-order valence-electron chi connectivity index (χ3n) is 5.40. The van der Waals surface area contributed by atoms with Crippen LogP contribution in [-0.2, 0) is 9.59 Å². The first-order valence-electron chi connectivity index (χ1n) is 11.9. The molecule has 0 radical (unpaired) electrons. The van der Waals surface area contributed by atoms with E-state index in [2.05, 4.69) is 16.0 Å². The molecule has 3 N–H and O–H groups in total. The van der Waals surface area contributed by atoms with Gasteiger partial charge in [-0.15, -0.1) is 11.8 Å². The van der Waals surface area contributed by atoms with E-state index in [0.29, 0.717) is 27.0 Å². The molecule has 0 aliphatic heterocycles. The summed E-state index contributed by atoms with van der Waals surface area (Å²) in [5.41, 5.74) is 1.28. The van der Waals surface area contributed by atoms with E-state index >= 15 is 0 Å². The molecule has 4 rings (SSSR count). The summed E-state index contributed by atoms with van der Waals surface area (Å²) in [5.74, 6) is -1.86. The van der Waals surface area contributed by atoms with Crippen molar-refractivity contribution in [3.8, 4) is 0 Å². The molecule has 0 saturated heterocycles. The van der Waals surface area contributed by atoms with E-state index in [0.717, 1.165) is 4.90 Å². The van der Waals surface area contributed by atoms with Crippen molar-refractivity contribution in [3.05, 3.63) is 130 Å². The van der Waals surface area contributed by atoms with Gasteiger partial charge in [0.1, 0.15) is 11.5 Å². The van der Waals surface area contributed by atoms with Gasteiger partial charge in [0.05, 0.1) is 15.8 Å². The Bertz CT molecular complexity index is 1580. The Morgan fingerprint density at radius 1 is 0.775 bits per heavy atom. The molecule has 4 aromatic rings. The van der Waals surface area contributed by atoms with Crippen molar-refractivity contribution < 1.29 is 18.8 Å². The van der Waals surface area contributed by atoms with Crippen molar-refractivity contribution in [2.24, 2.45) is 0 Å². The molecule has 0 aliphatic carbocycles. The van der Waals surface area contributed by atoms with Crippen LogP contribution in [0, 0.1) is 5.82 Å². The molecule has 0 aliphatic rings. The first kappa shape index (κ1) is 28.9. The molecule has 0 saturated carbocycles. The summed E-state index contributed by atoms with van der Waals surface area (Å²) in [6, 6.07) is 26.0. The quantitative estimate of drug-likeness (QED) is 0.141. The minimum Gasteiger partial charge on any atom is -0.325 e. The summed E-state index contributed by atoms with van der Waals surface area (Å²) in [6.07, 6.45) is 1.28. The van der Waals surface area contributed by atoms with Crippen LogP contribution in [0.5, 0.6) is 0 Å². The van der Waals surface area contributed by atoms with Crippen LogP contribution in [0.15, 0.2) is 108 Å². The van der Waals surface area contributed by atoms with Crippen LogP contribution in [0.4, 0.5) is 15.8 Å². The van der Waals surface area contributed by atoms with E-state index in [1.54, 1.807) is 78.9 Å². The fourth-order valence-electron chi connectivity index (χ4n) is 3.47. The van der Waals surface area contributed by atoms with Crippen LogP contribution in [0.25, 0.3) is 6.08 Å². The first-order chi connectivity index (χ1) is 19.3. The molecule has 0 atom stereocenters. The Kier molecular flexibility index (Phi) is 9.96. The number of carbonyl (C=O) groups excluding carboxylic acids is 3. The summed E-state index contributed by atoms with van der Waals surface area (Å²) in [4.78, 5) is 39.1. The Balaban J connectivity index is 1.45. The zero-order valence-corrected chi connectivity index (χ0v) is 23.1. The number of halogens is 3. The van der Waals surface area contributed by atoms with Gasteiger partial charge in [-0.2, -0.15) is 0 Å². The van der Waals surface area contributed by atoms with Crippen LogP contribution in [0.1, 0.15) is 15.9 Å². The topological polar surface area (TPSA) is 87.3 Å². The van der Waals surface area contributed by atoms with Crippen molar-refractivity contribution in [2.75, 3.05) is 16.4 Å². The predicted octanol–water partition coefficient (Wildman–Crippen LogP) is 7.27. The van der Waals surface area contributed by atoms with Gasteiger partial charge in [0, 0.05) is 27.4 Å². The number of thioether (sulfide) groups is 1. The lowest BCUT2D eigenvalue weighted by Gasteiger charge is -2.12. The highest BCUT2D eigenvalue weighted by Gasteiger charge is 2.16. The first-order valence-corrected chi connectivity index (χ1v) is 13.6. The summed E-state index contributed by atoms with van der Waals surface area (Å²) in [6.45, 7) is 0.